The fourth-order valence-electron chi connectivity index (χ4n) is 2.53. The Morgan fingerprint density at radius 2 is 2.11 bits per heavy atom. The maximum atomic E-state index is 8.94. The number of hydrogen-bond donors (Lipinski definition) is 2. The number of fused-ring (bicyclic) bond motifs is 1. The van der Waals surface area contributed by atoms with Gasteiger partial charge in [-0.3, -0.25) is 0 Å². The van der Waals surface area contributed by atoms with Gasteiger partial charge in [0, 0.05) is 18.2 Å². The molecule has 0 aliphatic carbocycles. The van der Waals surface area contributed by atoms with E-state index in [1.54, 1.807) is 23.9 Å². The molecule has 0 amide bonds. The zero-order valence-corrected chi connectivity index (χ0v) is 17.1. The van der Waals surface area contributed by atoms with E-state index in [4.69, 9.17) is 14.9 Å². The van der Waals surface area contributed by atoms with E-state index in [1.807, 2.05) is 49.4 Å². The van der Waals surface area contributed by atoms with Crippen LogP contribution in [0.1, 0.15) is 6.92 Å². The molecule has 0 unspecified atom stereocenters. The van der Waals surface area contributed by atoms with Crippen molar-refractivity contribution >= 4 is 33.6 Å². The van der Waals surface area contributed by atoms with Gasteiger partial charge in [-0.2, -0.15) is 9.61 Å². The van der Waals surface area contributed by atoms with Crippen LogP contribution in [0.2, 0.25) is 0 Å². The van der Waals surface area contributed by atoms with Gasteiger partial charge in [0.25, 0.3) is 0 Å². The number of allylic oxidation sites excluding steroid dienone is 3. The monoisotopic (exact) mass is 441 g/mol. The molecule has 144 valence electrons. The molecule has 0 fully saturated rings. The van der Waals surface area contributed by atoms with Crippen LogP contribution in [0.3, 0.4) is 0 Å². The molecule has 0 atom stereocenters. The zero-order valence-electron chi connectivity index (χ0n) is 15.5. The molecule has 2 N–H and O–H groups in total. The molecule has 8 heteroatoms. The second-order valence-electron chi connectivity index (χ2n) is 5.94. The molecule has 28 heavy (non-hydrogen) atoms. The third kappa shape index (κ3) is 4.58. The summed E-state index contributed by atoms with van der Waals surface area (Å²) in [7, 11) is 1.60. The van der Waals surface area contributed by atoms with Crippen LogP contribution in [-0.4, -0.2) is 39.7 Å². The van der Waals surface area contributed by atoms with Gasteiger partial charge in [0.1, 0.15) is 5.82 Å². The van der Waals surface area contributed by atoms with E-state index in [1.165, 1.54) is 6.21 Å². The largest absolute Gasteiger partial charge is 0.501 e. The van der Waals surface area contributed by atoms with E-state index in [-0.39, 0.29) is 0 Å². The number of aromatic nitrogens is 3. The summed E-state index contributed by atoms with van der Waals surface area (Å²) < 4.78 is 7.66. The van der Waals surface area contributed by atoms with Crippen LogP contribution < -0.4 is 5.32 Å². The van der Waals surface area contributed by atoms with E-state index >= 15 is 0 Å². The highest BCUT2D eigenvalue weighted by molar-refractivity contribution is 9.10. The zero-order chi connectivity index (χ0) is 19.9. The molecule has 0 saturated carbocycles. The van der Waals surface area contributed by atoms with E-state index in [9.17, 15) is 0 Å². The Morgan fingerprint density at radius 1 is 1.32 bits per heavy atom. The first-order valence-corrected chi connectivity index (χ1v) is 9.34. The number of rotatable bonds is 7. The fourth-order valence-corrected chi connectivity index (χ4v) is 2.87. The van der Waals surface area contributed by atoms with E-state index < -0.39 is 0 Å². The lowest BCUT2D eigenvalue weighted by atomic mass is 10.1. The summed E-state index contributed by atoms with van der Waals surface area (Å²) in [6.07, 6.45) is 6.71. The molecular weight excluding hydrogens is 422 g/mol. The van der Waals surface area contributed by atoms with Crippen molar-refractivity contribution in [2.75, 3.05) is 19.0 Å². The summed E-state index contributed by atoms with van der Waals surface area (Å²) in [4.78, 5) is 4.71. The Balaban J connectivity index is 1.95. The number of benzene rings is 1. The van der Waals surface area contributed by atoms with Crippen molar-refractivity contribution in [1.29, 1.82) is 0 Å². The standard InChI is InChI=1S/C20H20BrN5O2/c1-14(28-2)8-9-15(12-24-27)11-22-19-10-18(16-6-4-3-5-7-16)25-20-17(21)13-23-26(19)20/h3-10,12-13,22,27H,11H2,1-2H3/b14-8+,15-9-,24-12+. The summed E-state index contributed by atoms with van der Waals surface area (Å²) in [5, 5.41) is 19.8. The summed E-state index contributed by atoms with van der Waals surface area (Å²) >= 11 is 3.50. The number of halogens is 1. The quantitative estimate of drug-likeness (QED) is 0.185. The molecule has 2 aromatic heterocycles. The van der Waals surface area contributed by atoms with Crippen molar-refractivity contribution in [3.05, 3.63) is 70.6 Å². The summed E-state index contributed by atoms with van der Waals surface area (Å²) in [6, 6.07) is 11.9. The number of hydrogen-bond acceptors (Lipinski definition) is 6. The highest BCUT2D eigenvalue weighted by Crippen LogP contribution is 2.25. The molecule has 0 saturated heterocycles. The Morgan fingerprint density at radius 3 is 2.82 bits per heavy atom. The van der Waals surface area contributed by atoms with Crippen molar-refractivity contribution in [3.8, 4) is 11.3 Å². The van der Waals surface area contributed by atoms with Gasteiger partial charge in [-0.25, -0.2) is 4.98 Å². The van der Waals surface area contributed by atoms with Gasteiger partial charge >= 0.3 is 0 Å². The SMILES string of the molecule is CO/C(C)=C/C=C(\C=N\O)CNc1cc(-c2ccccc2)nc2c(Br)cnn12. The topological polar surface area (TPSA) is 84.0 Å². The third-order valence-electron chi connectivity index (χ3n) is 4.05. The predicted molar refractivity (Wildman–Crippen MR) is 114 cm³/mol. The maximum Gasteiger partial charge on any atom is 0.172 e. The molecule has 1 aromatic carbocycles. The first-order valence-electron chi connectivity index (χ1n) is 8.55. The van der Waals surface area contributed by atoms with Crippen LogP contribution >= 0.6 is 15.9 Å². The predicted octanol–water partition coefficient (Wildman–Crippen LogP) is 4.51. The van der Waals surface area contributed by atoms with Gasteiger partial charge in [0.2, 0.25) is 0 Å². The normalized spacial score (nSPS) is 12.7. The van der Waals surface area contributed by atoms with Crippen LogP contribution in [0.4, 0.5) is 5.82 Å². The number of oxime groups is 1. The Hall–Kier alpha value is -3.13. The average molecular weight is 442 g/mol. The molecule has 7 nitrogen and oxygen atoms in total. The summed E-state index contributed by atoms with van der Waals surface area (Å²) in [5.41, 5.74) is 3.30. The summed E-state index contributed by atoms with van der Waals surface area (Å²) in [6.45, 7) is 2.26. The van der Waals surface area contributed by atoms with Crippen molar-refractivity contribution in [3.63, 3.8) is 0 Å². The second kappa shape index (κ2) is 9.18. The molecule has 2 heterocycles. The highest BCUT2D eigenvalue weighted by atomic mass is 79.9. The van der Waals surface area contributed by atoms with Crippen molar-refractivity contribution < 1.29 is 9.94 Å². The van der Waals surface area contributed by atoms with Crippen LogP contribution in [0.25, 0.3) is 16.9 Å². The number of nitrogens with one attached hydrogen (secondary N) is 1. The Bertz CT molecular complexity index is 1040. The second-order valence-corrected chi connectivity index (χ2v) is 6.80. The van der Waals surface area contributed by atoms with Gasteiger partial charge in [0.05, 0.1) is 35.4 Å². The van der Waals surface area contributed by atoms with E-state index in [2.05, 4.69) is 31.5 Å². The first kappa shape index (κ1) is 19.6. The van der Waals surface area contributed by atoms with Crippen LogP contribution in [0.15, 0.2) is 75.7 Å². The first-order chi connectivity index (χ1) is 13.6. The Kier molecular flexibility index (Phi) is 6.44. The van der Waals surface area contributed by atoms with E-state index in [0.29, 0.717) is 12.2 Å². The summed E-state index contributed by atoms with van der Waals surface area (Å²) in [5.74, 6) is 1.51. The number of nitrogens with zero attached hydrogens (tertiary/aromatic N) is 4. The molecule has 0 bridgehead atoms. The number of ether oxygens (including phenoxy) is 1. The lowest BCUT2D eigenvalue weighted by molar-refractivity contribution is 0.294. The molecule has 0 aliphatic rings. The minimum atomic E-state index is 0.419. The van der Waals surface area contributed by atoms with Crippen LogP contribution in [0.5, 0.6) is 0 Å². The maximum absolute atomic E-state index is 8.94. The fraction of sp³-hybridized carbons (Fsp3) is 0.150. The minimum Gasteiger partial charge on any atom is -0.501 e. The van der Waals surface area contributed by atoms with Gasteiger partial charge in [0.15, 0.2) is 5.65 Å². The molecule has 0 spiro atoms. The van der Waals surface area contributed by atoms with Crippen molar-refractivity contribution in [2.24, 2.45) is 5.16 Å². The van der Waals surface area contributed by atoms with Crippen LogP contribution in [0, 0.1) is 0 Å². The molecular formula is C20H20BrN5O2. The average Bonchev–Trinajstić information content (AvgIpc) is 3.11. The lowest BCUT2D eigenvalue weighted by Crippen LogP contribution is -2.10. The van der Waals surface area contributed by atoms with Gasteiger partial charge in [-0.1, -0.05) is 41.6 Å². The van der Waals surface area contributed by atoms with Crippen molar-refractivity contribution in [2.45, 2.75) is 6.92 Å². The Labute approximate surface area is 171 Å². The minimum absolute atomic E-state index is 0.419. The number of anilines is 1. The van der Waals surface area contributed by atoms with E-state index in [0.717, 1.165) is 32.9 Å². The number of methoxy groups -OCH3 is 1. The lowest BCUT2D eigenvalue weighted by Gasteiger charge is -2.11. The molecule has 0 radical (unpaired) electrons. The molecule has 3 rings (SSSR count). The van der Waals surface area contributed by atoms with Gasteiger partial charge in [-0.05, 0) is 34.5 Å². The van der Waals surface area contributed by atoms with Crippen LogP contribution in [-0.2, 0) is 4.74 Å². The molecule has 3 aromatic rings. The van der Waals surface area contributed by atoms with Crippen molar-refractivity contribution in [1.82, 2.24) is 14.6 Å². The highest BCUT2D eigenvalue weighted by Gasteiger charge is 2.11. The smallest absolute Gasteiger partial charge is 0.172 e. The van der Waals surface area contributed by atoms with Gasteiger partial charge in [-0.15, -0.1) is 0 Å². The third-order valence-corrected chi connectivity index (χ3v) is 4.61. The van der Waals surface area contributed by atoms with Gasteiger partial charge < -0.3 is 15.3 Å². The molecule has 0 aliphatic heterocycles.